The van der Waals surface area contributed by atoms with Gasteiger partial charge in [-0.05, 0) is 56.6 Å². The van der Waals surface area contributed by atoms with E-state index in [4.69, 9.17) is 4.99 Å². The van der Waals surface area contributed by atoms with Gasteiger partial charge in [0.2, 0.25) is 0 Å². The van der Waals surface area contributed by atoms with E-state index in [1.807, 2.05) is 11.3 Å². The van der Waals surface area contributed by atoms with E-state index in [9.17, 15) is 0 Å². The van der Waals surface area contributed by atoms with E-state index in [0.29, 0.717) is 0 Å². The molecule has 2 unspecified atom stereocenters. The molecule has 1 aliphatic heterocycles. The predicted octanol–water partition coefficient (Wildman–Crippen LogP) is 10.4. The molecule has 2 aliphatic rings. The molecule has 0 bridgehead atoms. The van der Waals surface area contributed by atoms with Gasteiger partial charge in [0, 0.05) is 31.2 Å². The largest absolute Gasteiger partial charge is 0.350 e. The second-order valence-electron chi connectivity index (χ2n) is 12.9. The van der Waals surface area contributed by atoms with Crippen LogP contribution in [0.1, 0.15) is 54.0 Å². The zero-order chi connectivity index (χ0) is 30.8. The summed E-state index contributed by atoms with van der Waals surface area (Å²) in [4.78, 5) is 5.17. The normalized spacial score (nSPS) is 18.2. The van der Waals surface area contributed by atoms with E-state index in [2.05, 4.69) is 164 Å². The molecule has 0 spiro atoms. The van der Waals surface area contributed by atoms with Crippen LogP contribution in [-0.4, -0.2) is 5.84 Å². The van der Waals surface area contributed by atoms with Crippen molar-refractivity contribution < 1.29 is 0 Å². The number of nitrogens with zero attached hydrogens (tertiary/aromatic N) is 1. The summed E-state index contributed by atoms with van der Waals surface area (Å²) in [5, 5.41) is 9.98. The highest BCUT2D eigenvalue weighted by Crippen LogP contribution is 2.52. The van der Waals surface area contributed by atoms with E-state index in [1.165, 1.54) is 59.1 Å². The first kappa shape index (κ1) is 27.3. The molecule has 7 aromatic rings. The minimum absolute atomic E-state index is 0.00944. The lowest BCUT2D eigenvalue weighted by Crippen LogP contribution is -2.44. The number of hydrogen-bond acceptors (Lipinski definition) is 4. The summed E-state index contributed by atoms with van der Waals surface area (Å²) in [5.41, 5.74) is 11.6. The maximum Gasteiger partial charge on any atom is 0.131 e. The van der Waals surface area contributed by atoms with Crippen LogP contribution in [0.4, 0.5) is 0 Å². The minimum atomic E-state index is -0.147. The summed E-state index contributed by atoms with van der Waals surface area (Å²) in [6.07, 6.45) is -0.201. The molecule has 46 heavy (non-hydrogen) atoms. The van der Waals surface area contributed by atoms with Crippen molar-refractivity contribution in [3.05, 3.63) is 167 Å². The molecule has 0 saturated heterocycles. The fourth-order valence-corrected chi connectivity index (χ4v) is 8.60. The van der Waals surface area contributed by atoms with Crippen molar-refractivity contribution >= 4 is 37.3 Å². The Morgan fingerprint density at radius 2 is 1.20 bits per heavy atom. The average Bonchev–Trinajstić information content (AvgIpc) is 3.60. The summed E-state index contributed by atoms with van der Waals surface area (Å²) >= 11 is 1.86. The van der Waals surface area contributed by atoms with Crippen LogP contribution in [0.5, 0.6) is 0 Å². The van der Waals surface area contributed by atoms with Gasteiger partial charge < -0.3 is 5.32 Å². The Hall–Kier alpha value is -5.03. The van der Waals surface area contributed by atoms with Crippen LogP contribution >= 0.6 is 11.3 Å². The lowest BCUT2D eigenvalue weighted by atomic mass is 9.82. The Labute approximate surface area is 273 Å². The van der Waals surface area contributed by atoms with E-state index in [1.54, 1.807) is 0 Å². The average molecular weight is 612 g/mol. The van der Waals surface area contributed by atoms with Crippen molar-refractivity contribution in [2.24, 2.45) is 4.99 Å². The molecule has 2 N–H and O–H groups in total. The first-order valence-electron chi connectivity index (χ1n) is 16.0. The van der Waals surface area contributed by atoms with Crippen LogP contribution in [0.15, 0.2) is 145 Å². The van der Waals surface area contributed by atoms with Crippen molar-refractivity contribution in [2.45, 2.75) is 31.6 Å². The van der Waals surface area contributed by atoms with Crippen LogP contribution in [0.2, 0.25) is 0 Å². The number of nitrogens with one attached hydrogen (secondary N) is 2. The molecule has 0 amide bonds. The van der Waals surface area contributed by atoms with Crippen LogP contribution in [0, 0.1) is 0 Å². The summed E-state index contributed by atoms with van der Waals surface area (Å²) < 4.78 is 2.57. The van der Waals surface area contributed by atoms with Gasteiger partial charge in [-0.15, -0.1) is 11.3 Å². The highest BCUT2D eigenvalue weighted by Gasteiger charge is 2.36. The van der Waals surface area contributed by atoms with Gasteiger partial charge in [0.25, 0.3) is 0 Å². The van der Waals surface area contributed by atoms with Gasteiger partial charge in [-0.2, -0.15) is 0 Å². The van der Waals surface area contributed by atoms with E-state index in [-0.39, 0.29) is 17.7 Å². The Morgan fingerprint density at radius 1 is 0.587 bits per heavy atom. The third kappa shape index (κ3) is 4.33. The van der Waals surface area contributed by atoms with E-state index in [0.717, 1.165) is 17.0 Å². The summed E-state index contributed by atoms with van der Waals surface area (Å²) in [7, 11) is 0. The van der Waals surface area contributed by atoms with Crippen LogP contribution < -0.4 is 10.6 Å². The fraction of sp³-hybridized carbons (Fsp3) is 0.119. The summed E-state index contributed by atoms with van der Waals surface area (Å²) in [6, 6.07) is 50.5. The van der Waals surface area contributed by atoms with Gasteiger partial charge in [0.1, 0.15) is 18.2 Å². The number of thiophene rings is 1. The monoisotopic (exact) mass is 611 g/mol. The molecule has 0 saturated carbocycles. The number of hydrogen-bond donors (Lipinski definition) is 2. The van der Waals surface area contributed by atoms with Crippen molar-refractivity contribution in [3.63, 3.8) is 0 Å². The fourth-order valence-electron chi connectivity index (χ4n) is 7.42. The predicted molar refractivity (Wildman–Crippen MR) is 194 cm³/mol. The topological polar surface area (TPSA) is 36.4 Å². The zero-order valence-electron chi connectivity index (χ0n) is 25.8. The standard InChI is InChI=1S/C42H33N3S/c1-42(2)34-18-10-9-16-33(34)38-30(17-11-19-35(38)42)28-20-22-31-32-23-21-29(25-37(32)46-36(31)24-28)41-44-39(26-12-5-3-6-13-26)43-40(45-41)27-14-7-4-8-15-27/h3-25,39-40,43H,1-2H3,(H,44,45). The number of fused-ring (bicyclic) bond motifs is 6. The first-order chi connectivity index (χ1) is 22.5. The molecule has 0 radical (unpaired) electrons. The highest BCUT2D eigenvalue weighted by atomic mass is 32.1. The first-order valence-corrected chi connectivity index (χ1v) is 16.8. The van der Waals surface area contributed by atoms with Gasteiger partial charge in [0.15, 0.2) is 0 Å². The van der Waals surface area contributed by atoms with Gasteiger partial charge in [-0.3, -0.25) is 5.32 Å². The van der Waals surface area contributed by atoms with E-state index < -0.39 is 0 Å². The Balaban J connectivity index is 1.13. The third-order valence-corrected chi connectivity index (χ3v) is 10.9. The molecule has 222 valence electrons. The lowest BCUT2D eigenvalue weighted by molar-refractivity contribution is 0.409. The third-order valence-electron chi connectivity index (χ3n) is 9.78. The van der Waals surface area contributed by atoms with Crippen molar-refractivity contribution in [1.82, 2.24) is 10.6 Å². The molecule has 2 atom stereocenters. The second kappa shape index (κ2) is 10.5. The van der Waals surface area contributed by atoms with Crippen LogP contribution in [0.3, 0.4) is 0 Å². The van der Waals surface area contributed by atoms with Gasteiger partial charge in [-0.25, -0.2) is 4.99 Å². The number of rotatable bonds is 4. The maximum absolute atomic E-state index is 5.17. The molecule has 1 aliphatic carbocycles. The zero-order valence-corrected chi connectivity index (χ0v) is 26.6. The van der Waals surface area contributed by atoms with E-state index >= 15 is 0 Å². The Bertz CT molecular complexity index is 2300. The molecule has 0 fully saturated rings. The summed E-state index contributed by atoms with van der Waals surface area (Å²) in [5.74, 6) is 0.905. The van der Waals surface area contributed by atoms with Crippen LogP contribution in [0.25, 0.3) is 42.4 Å². The SMILES string of the molecule is CC1(C)c2ccccc2-c2c(-c3ccc4c(c3)sc3cc(C5=NC(c6ccccc6)NC(c6ccccc6)N5)ccc34)cccc21. The molecule has 9 rings (SSSR count). The summed E-state index contributed by atoms with van der Waals surface area (Å²) in [6.45, 7) is 4.69. The second-order valence-corrected chi connectivity index (χ2v) is 14.0. The molecule has 1 aromatic heterocycles. The number of aliphatic imine (C=N–C) groups is 1. The highest BCUT2D eigenvalue weighted by molar-refractivity contribution is 7.25. The van der Waals surface area contributed by atoms with Crippen molar-refractivity contribution in [1.29, 1.82) is 0 Å². The molecule has 6 aromatic carbocycles. The number of amidine groups is 1. The van der Waals surface area contributed by atoms with Crippen LogP contribution in [-0.2, 0) is 5.41 Å². The Morgan fingerprint density at radius 3 is 1.96 bits per heavy atom. The molecular weight excluding hydrogens is 579 g/mol. The van der Waals surface area contributed by atoms with Gasteiger partial charge >= 0.3 is 0 Å². The molecular formula is C42H33N3S. The van der Waals surface area contributed by atoms with Crippen molar-refractivity contribution in [3.8, 4) is 22.3 Å². The maximum atomic E-state index is 5.17. The van der Waals surface area contributed by atoms with Gasteiger partial charge in [-0.1, -0.05) is 141 Å². The smallest absolute Gasteiger partial charge is 0.131 e. The number of benzene rings is 6. The quantitative estimate of drug-likeness (QED) is 0.208. The Kier molecular flexibility index (Phi) is 6.24. The van der Waals surface area contributed by atoms with Gasteiger partial charge in [0.05, 0.1) is 0 Å². The molecule has 4 heteroatoms. The minimum Gasteiger partial charge on any atom is -0.350 e. The molecule has 3 nitrogen and oxygen atoms in total. The molecule has 2 heterocycles. The van der Waals surface area contributed by atoms with Crippen molar-refractivity contribution in [2.75, 3.05) is 0 Å². The lowest BCUT2D eigenvalue weighted by Gasteiger charge is -2.32.